The quantitative estimate of drug-likeness (QED) is 0.662. The topological polar surface area (TPSA) is 17.3 Å². The van der Waals surface area contributed by atoms with E-state index in [1.807, 2.05) is 19.2 Å². The van der Waals surface area contributed by atoms with E-state index in [9.17, 15) is 0 Å². The molecule has 0 aliphatic rings. The normalized spacial score (nSPS) is 10.7. The molecular weight excluding hydrogens is 251 g/mol. The van der Waals surface area contributed by atoms with Crippen LogP contribution in [-0.2, 0) is 0 Å². The predicted molar refractivity (Wildman–Crippen MR) is 52.6 cm³/mol. The molecule has 0 spiro atoms. The Morgan fingerprint density at radius 3 is 3.09 bits per heavy atom. The Bertz CT molecular complexity index is 392. The van der Waals surface area contributed by atoms with Crippen LogP contribution >= 0.6 is 22.6 Å². The smallest absolute Gasteiger partial charge is 0.137 e. The van der Waals surface area contributed by atoms with Gasteiger partial charge in [-0.3, -0.25) is 4.40 Å². The summed E-state index contributed by atoms with van der Waals surface area (Å²) in [5, 5.41) is 0. The number of hydrogen-bond acceptors (Lipinski definition) is 1. The van der Waals surface area contributed by atoms with Crippen LogP contribution in [0.1, 0.15) is 5.56 Å². The van der Waals surface area contributed by atoms with Gasteiger partial charge in [-0.2, -0.15) is 0 Å². The van der Waals surface area contributed by atoms with Crippen LogP contribution in [0.4, 0.5) is 0 Å². The van der Waals surface area contributed by atoms with Crippen molar-refractivity contribution in [2.75, 3.05) is 0 Å². The summed E-state index contributed by atoms with van der Waals surface area (Å²) in [6.45, 7) is 2.04. The van der Waals surface area contributed by atoms with Crippen molar-refractivity contribution in [2.45, 2.75) is 6.92 Å². The molecule has 0 radical (unpaired) electrons. The largest absolute Gasteiger partial charge is 0.296 e. The van der Waals surface area contributed by atoms with Crippen molar-refractivity contribution < 1.29 is 0 Å². The molecule has 56 valence electrons. The molecule has 0 unspecified atom stereocenters. The number of aromatic nitrogens is 2. The average molecular weight is 258 g/mol. The molecule has 0 atom stereocenters. The van der Waals surface area contributed by atoms with Crippen molar-refractivity contribution in [3.8, 4) is 0 Å². The first-order valence-electron chi connectivity index (χ1n) is 3.36. The Balaban J connectivity index is 2.87. The molecule has 2 rings (SSSR count). The lowest BCUT2D eigenvalue weighted by molar-refractivity contribution is 1.07. The maximum atomic E-state index is 4.26. The Hall–Kier alpha value is -0.580. The first-order valence-corrected chi connectivity index (χ1v) is 4.44. The van der Waals surface area contributed by atoms with Crippen LogP contribution in [0.3, 0.4) is 0 Å². The third-order valence-electron chi connectivity index (χ3n) is 1.58. The molecule has 2 aromatic rings. The molecule has 0 aromatic carbocycles. The highest BCUT2D eigenvalue weighted by Crippen LogP contribution is 2.10. The number of hydrogen-bond donors (Lipinski definition) is 0. The summed E-state index contributed by atoms with van der Waals surface area (Å²) < 4.78 is 3.28. The van der Waals surface area contributed by atoms with Crippen molar-refractivity contribution in [3.63, 3.8) is 0 Å². The van der Waals surface area contributed by atoms with Crippen LogP contribution in [0.25, 0.3) is 5.65 Å². The van der Waals surface area contributed by atoms with Gasteiger partial charge < -0.3 is 0 Å². The molecule has 0 saturated carbocycles. The lowest BCUT2D eigenvalue weighted by Gasteiger charge is -1.96. The summed E-state index contributed by atoms with van der Waals surface area (Å²) >= 11 is 2.29. The van der Waals surface area contributed by atoms with Gasteiger partial charge in [0.25, 0.3) is 0 Å². The monoisotopic (exact) mass is 258 g/mol. The summed E-state index contributed by atoms with van der Waals surface area (Å²) in [4.78, 5) is 4.26. The highest BCUT2D eigenvalue weighted by Gasteiger charge is 1.97. The zero-order valence-corrected chi connectivity index (χ0v) is 8.24. The Labute approximate surface area is 78.4 Å². The van der Waals surface area contributed by atoms with E-state index in [0.29, 0.717) is 0 Å². The van der Waals surface area contributed by atoms with Crippen molar-refractivity contribution in [1.82, 2.24) is 9.38 Å². The Kier molecular flexibility index (Phi) is 1.60. The fourth-order valence-corrected chi connectivity index (χ4v) is 1.62. The second kappa shape index (κ2) is 2.48. The molecule has 0 fully saturated rings. The molecule has 3 heteroatoms. The van der Waals surface area contributed by atoms with E-state index in [4.69, 9.17) is 0 Å². The molecule has 0 aliphatic heterocycles. The summed E-state index contributed by atoms with van der Waals surface area (Å²) in [5.41, 5.74) is 2.20. The molecule has 0 N–H and O–H groups in total. The highest BCUT2D eigenvalue weighted by atomic mass is 127. The van der Waals surface area contributed by atoms with Gasteiger partial charge in [-0.1, -0.05) is 0 Å². The van der Waals surface area contributed by atoms with Gasteiger partial charge in [0.15, 0.2) is 0 Å². The average Bonchev–Trinajstić information content (AvgIpc) is 2.33. The minimum Gasteiger partial charge on any atom is -0.296 e. The summed E-state index contributed by atoms with van der Waals surface area (Å²) in [7, 11) is 0. The van der Waals surface area contributed by atoms with E-state index >= 15 is 0 Å². The molecule has 11 heavy (non-hydrogen) atoms. The van der Waals surface area contributed by atoms with Crippen LogP contribution in [-0.4, -0.2) is 9.38 Å². The van der Waals surface area contributed by atoms with Gasteiger partial charge in [0.2, 0.25) is 0 Å². The van der Waals surface area contributed by atoms with E-state index in [0.717, 1.165) is 5.65 Å². The zero-order valence-electron chi connectivity index (χ0n) is 6.08. The SMILES string of the molecule is Cc1cnc2ccc(I)n2c1. The van der Waals surface area contributed by atoms with Crippen molar-refractivity contribution in [1.29, 1.82) is 0 Å². The first kappa shape index (κ1) is 7.09. The van der Waals surface area contributed by atoms with Crippen molar-refractivity contribution in [2.24, 2.45) is 0 Å². The van der Waals surface area contributed by atoms with Gasteiger partial charge >= 0.3 is 0 Å². The number of aryl methyl sites for hydroxylation is 1. The van der Waals surface area contributed by atoms with Crippen molar-refractivity contribution >= 4 is 28.2 Å². The van der Waals surface area contributed by atoms with Crippen LogP contribution < -0.4 is 0 Å². The van der Waals surface area contributed by atoms with Gasteiger partial charge in [0.1, 0.15) is 5.65 Å². The second-order valence-corrected chi connectivity index (χ2v) is 3.62. The van der Waals surface area contributed by atoms with Gasteiger partial charge in [-0.15, -0.1) is 0 Å². The number of halogens is 1. The van der Waals surface area contributed by atoms with Crippen LogP contribution in [0.2, 0.25) is 0 Å². The maximum Gasteiger partial charge on any atom is 0.137 e. The van der Waals surface area contributed by atoms with E-state index < -0.39 is 0 Å². The number of rotatable bonds is 0. The first-order chi connectivity index (χ1) is 5.27. The summed E-state index contributed by atoms with van der Waals surface area (Å²) in [6.07, 6.45) is 3.97. The Morgan fingerprint density at radius 1 is 1.45 bits per heavy atom. The maximum absolute atomic E-state index is 4.26. The van der Waals surface area contributed by atoms with Gasteiger partial charge in [0, 0.05) is 12.4 Å². The lowest BCUT2D eigenvalue weighted by Crippen LogP contribution is -1.89. The molecule has 2 aromatic heterocycles. The van der Waals surface area contributed by atoms with E-state index in [-0.39, 0.29) is 0 Å². The molecule has 0 bridgehead atoms. The fraction of sp³-hybridized carbons (Fsp3) is 0.125. The van der Waals surface area contributed by atoms with Crippen LogP contribution in [0.15, 0.2) is 24.5 Å². The van der Waals surface area contributed by atoms with Gasteiger partial charge in [0.05, 0.1) is 3.70 Å². The Morgan fingerprint density at radius 2 is 2.27 bits per heavy atom. The zero-order chi connectivity index (χ0) is 7.84. The third kappa shape index (κ3) is 1.13. The predicted octanol–water partition coefficient (Wildman–Crippen LogP) is 2.25. The van der Waals surface area contributed by atoms with E-state index in [1.165, 1.54) is 9.26 Å². The molecule has 0 amide bonds. The number of fused-ring (bicyclic) bond motifs is 1. The van der Waals surface area contributed by atoms with Gasteiger partial charge in [-0.05, 0) is 47.2 Å². The minimum absolute atomic E-state index is 1.01. The number of nitrogens with zero attached hydrogens (tertiary/aromatic N) is 2. The molecule has 0 aliphatic carbocycles. The minimum atomic E-state index is 1.01. The van der Waals surface area contributed by atoms with E-state index in [1.54, 1.807) is 0 Å². The summed E-state index contributed by atoms with van der Waals surface area (Å²) in [5.74, 6) is 0. The highest BCUT2D eigenvalue weighted by molar-refractivity contribution is 14.1. The standard InChI is InChI=1S/C8H7IN2/c1-6-4-10-8-3-2-7(9)11(8)5-6/h2-5H,1H3. The fourth-order valence-electron chi connectivity index (χ4n) is 1.05. The van der Waals surface area contributed by atoms with E-state index in [2.05, 4.69) is 44.2 Å². The molecule has 0 saturated heterocycles. The van der Waals surface area contributed by atoms with Crippen LogP contribution in [0.5, 0.6) is 0 Å². The summed E-state index contributed by atoms with van der Waals surface area (Å²) in [6, 6.07) is 4.07. The lowest BCUT2D eigenvalue weighted by atomic mass is 10.4. The third-order valence-corrected chi connectivity index (χ3v) is 2.46. The second-order valence-electron chi connectivity index (χ2n) is 2.52. The van der Waals surface area contributed by atoms with Crippen LogP contribution in [0, 0.1) is 10.6 Å². The molecule has 2 nitrogen and oxygen atoms in total. The molecule has 2 heterocycles. The molecular formula is C8H7IN2. The van der Waals surface area contributed by atoms with Crippen molar-refractivity contribution in [3.05, 3.63) is 33.8 Å². The van der Waals surface area contributed by atoms with Gasteiger partial charge in [-0.25, -0.2) is 4.98 Å².